The second-order valence-corrected chi connectivity index (χ2v) is 8.13. The number of aromatic nitrogens is 1. The molecule has 1 amide bonds. The molecule has 0 unspecified atom stereocenters. The Morgan fingerprint density at radius 2 is 2.00 bits per heavy atom. The van der Waals surface area contributed by atoms with E-state index in [9.17, 15) is 13.6 Å². The molecule has 1 aromatic carbocycles. The summed E-state index contributed by atoms with van der Waals surface area (Å²) in [6.45, 7) is 3.49. The molecule has 1 N–H and O–H groups in total. The van der Waals surface area contributed by atoms with Crippen molar-refractivity contribution >= 4 is 29.0 Å². The van der Waals surface area contributed by atoms with Gasteiger partial charge in [-0.3, -0.25) is 4.79 Å². The van der Waals surface area contributed by atoms with Gasteiger partial charge in [-0.05, 0) is 43.0 Å². The van der Waals surface area contributed by atoms with Crippen LogP contribution in [0.15, 0.2) is 34.9 Å². The normalized spacial score (nSPS) is 19.7. The second kappa shape index (κ2) is 6.78. The van der Waals surface area contributed by atoms with Gasteiger partial charge in [0.2, 0.25) is 11.7 Å². The van der Waals surface area contributed by atoms with Crippen LogP contribution in [0.1, 0.15) is 32.0 Å². The molecule has 1 aromatic heterocycles. The van der Waals surface area contributed by atoms with Crippen molar-refractivity contribution in [2.24, 2.45) is 17.3 Å². The van der Waals surface area contributed by atoms with E-state index in [1.54, 1.807) is 24.3 Å². The highest BCUT2D eigenvalue weighted by molar-refractivity contribution is 6.30. The van der Waals surface area contributed by atoms with Crippen molar-refractivity contribution in [1.29, 1.82) is 0 Å². The molecule has 2 heterocycles. The highest BCUT2D eigenvalue weighted by atomic mass is 35.5. The predicted molar refractivity (Wildman–Crippen MR) is 98.1 cm³/mol. The number of halogens is 3. The van der Waals surface area contributed by atoms with E-state index < -0.39 is 12.2 Å². The molecule has 0 radical (unpaired) electrons. The Morgan fingerprint density at radius 3 is 2.59 bits per heavy atom. The van der Waals surface area contributed by atoms with Crippen molar-refractivity contribution in [3.05, 3.63) is 41.1 Å². The molecule has 1 atom stereocenters. The molecule has 1 saturated heterocycles. The summed E-state index contributed by atoms with van der Waals surface area (Å²) in [7, 11) is 0. The maximum Gasteiger partial charge on any atom is 0.298 e. The number of carbonyl (C=O) groups excluding carboxylic acids is 1. The van der Waals surface area contributed by atoms with Crippen LogP contribution in [-0.4, -0.2) is 24.2 Å². The van der Waals surface area contributed by atoms with Crippen LogP contribution in [0.5, 0.6) is 0 Å². The summed E-state index contributed by atoms with van der Waals surface area (Å²) in [6.07, 6.45) is -0.731. The standard InChI is InChI=1S/C19H20ClF2N3O2/c1-11(18(26)23-14-4-2-13(20)3-5-14)12-7-19(8-12)9-25(10-19)16-6-15(17(21)22)27-24-16/h2-6,11-12,17H,7-10H2,1H3,(H,23,26)/t11-/m1/s1. The number of hydrogen-bond donors (Lipinski definition) is 1. The molecule has 2 aliphatic rings. The number of carbonyl (C=O) groups is 1. The average Bonchev–Trinajstić information content (AvgIpc) is 3.04. The number of rotatable bonds is 5. The molecule has 1 aliphatic carbocycles. The Labute approximate surface area is 160 Å². The first kappa shape index (κ1) is 18.2. The minimum absolute atomic E-state index is 0.00595. The number of nitrogens with zero attached hydrogens (tertiary/aromatic N) is 2. The lowest BCUT2D eigenvalue weighted by atomic mass is 9.55. The molecule has 1 aliphatic heterocycles. The van der Waals surface area contributed by atoms with Gasteiger partial charge in [-0.2, -0.15) is 0 Å². The summed E-state index contributed by atoms with van der Waals surface area (Å²) < 4.78 is 29.8. The fraction of sp³-hybridized carbons (Fsp3) is 0.474. The largest absolute Gasteiger partial charge is 0.353 e. The zero-order valence-electron chi connectivity index (χ0n) is 14.8. The lowest BCUT2D eigenvalue weighted by molar-refractivity contribution is -0.124. The molecule has 1 spiro atoms. The van der Waals surface area contributed by atoms with Gasteiger partial charge in [0.1, 0.15) is 0 Å². The van der Waals surface area contributed by atoms with E-state index >= 15 is 0 Å². The van der Waals surface area contributed by atoms with Crippen LogP contribution < -0.4 is 10.2 Å². The number of anilines is 2. The van der Waals surface area contributed by atoms with Gasteiger partial charge in [0.05, 0.1) is 0 Å². The average molecular weight is 396 g/mol. The summed E-state index contributed by atoms with van der Waals surface area (Å²) in [5.74, 6) is 0.315. The van der Waals surface area contributed by atoms with E-state index in [1.165, 1.54) is 6.07 Å². The van der Waals surface area contributed by atoms with Crippen molar-refractivity contribution in [1.82, 2.24) is 5.16 Å². The fourth-order valence-electron chi connectivity index (χ4n) is 4.12. The highest BCUT2D eigenvalue weighted by Crippen LogP contribution is 2.55. The molecule has 4 rings (SSSR count). The number of amides is 1. The molecule has 8 heteroatoms. The smallest absolute Gasteiger partial charge is 0.298 e. The van der Waals surface area contributed by atoms with Gasteiger partial charge in [-0.15, -0.1) is 0 Å². The van der Waals surface area contributed by atoms with Gasteiger partial charge in [-0.25, -0.2) is 8.78 Å². The lowest BCUT2D eigenvalue weighted by Crippen LogP contribution is -2.63. The zero-order chi connectivity index (χ0) is 19.2. The molecule has 2 fully saturated rings. The van der Waals surface area contributed by atoms with Gasteiger partial charge in [0, 0.05) is 41.2 Å². The third-order valence-electron chi connectivity index (χ3n) is 5.73. The SMILES string of the molecule is C[C@@H](C(=O)Nc1ccc(Cl)cc1)C1CC2(C1)CN(c1cc(C(F)F)on1)C2. The number of benzene rings is 1. The maximum atomic E-state index is 12.6. The fourth-order valence-corrected chi connectivity index (χ4v) is 4.25. The second-order valence-electron chi connectivity index (χ2n) is 7.70. The van der Waals surface area contributed by atoms with Gasteiger partial charge >= 0.3 is 0 Å². The van der Waals surface area contributed by atoms with Crippen molar-refractivity contribution in [2.45, 2.75) is 26.2 Å². The van der Waals surface area contributed by atoms with Crippen molar-refractivity contribution < 1.29 is 18.1 Å². The predicted octanol–water partition coefficient (Wildman–Crippen LogP) is 4.76. The molecule has 0 bridgehead atoms. The molecule has 27 heavy (non-hydrogen) atoms. The van der Waals surface area contributed by atoms with E-state index in [1.807, 2.05) is 11.8 Å². The zero-order valence-corrected chi connectivity index (χ0v) is 15.5. The van der Waals surface area contributed by atoms with Gasteiger partial charge in [0.15, 0.2) is 5.82 Å². The third-order valence-corrected chi connectivity index (χ3v) is 5.98. The molecule has 144 valence electrons. The highest BCUT2D eigenvalue weighted by Gasteiger charge is 2.54. The minimum Gasteiger partial charge on any atom is -0.353 e. The number of nitrogens with one attached hydrogen (secondary N) is 1. The van der Waals surface area contributed by atoms with Crippen molar-refractivity contribution in [3.8, 4) is 0 Å². The summed E-state index contributed by atoms with van der Waals surface area (Å²) in [5, 5.41) is 7.27. The van der Waals surface area contributed by atoms with E-state index in [-0.39, 0.29) is 17.2 Å². The van der Waals surface area contributed by atoms with E-state index in [2.05, 4.69) is 15.0 Å². The Hall–Kier alpha value is -2.15. The monoisotopic (exact) mass is 395 g/mol. The van der Waals surface area contributed by atoms with E-state index in [4.69, 9.17) is 11.6 Å². The van der Waals surface area contributed by atoms with Crippen LogP contribution in [0.4, 0.5) is 20.3 Å². The van der Waals surface area contributed by atoms with E-state index in [0.717, 1.165) is 31.6 Å². The number of hydrogen-bond acceptors (Lipinski definition) is 4. The van der Waals surface area contributed by atoms with Crippen molar-refractivity contribution in [2.75, 3.05) is 23.3 Å². The van der Waals surface area contributed by atoms with Crippen LogP contribution >= 0.6 is 11.6 Å². The van der Waals surface area contributed by atoms with Gasteiger partial charge in [0.25, 0.3) is 6.43 Å². The first-order chi connectivity index (χ1) is 12.8. The quantitative estimate of drug-likeness (QED) is 0.793. The Bertz CT molecular complexity index is 826. The topological polar surface area (TPSA) is 58.4 Å². The maximum absolute atomic E-state index is 12.6. The Morgan fingerprint density at radius 1 is 1.33 bits per heavy atom. The summed E-state index contributed by atoms with van der Waals surface area (Å²) >= 11 is 5.86. The lowest BCUT2D eigenvalue weighted by Gasteiger charge is -2.60. The van der Waals surface area contributed by atoms with Crippen LogP contribution in [0.3, 0.4) is 0 Å². The van der Waals surface area contributed by atoms with Crippen molar-refractivity contribution in [3.63, 3.8) is 0 Å². The molecule has 5 nitrogen and oxygen atoms in total. The van der Waals surface area contributed by atoms with Crippen LogP contribution in [0, 0.1) is 17.3 Å². The Kier molecular flexibility index (Phi) is 4.58. The summed E-state index contributed by atoms with van der Waals surface area (Å²) in [5.41, 5.74) is 0.907. The first-order valence-electron chi connectivity index (χ1n) is 8.91. The van der Waals surface area contributed by atoms with Crippen LogP contribution in [-0.2, 0) is 4.79 Å². The summed E-state index contributed by atoms with van der Waals surface area (Å²) in [6, 6.07) is 8.35. The Balaban J connectivity index is 1.26. The summed E-state index contributed by atoms with van der Waals surface area (Å²) in [4.78, 5) is 14.4. The first-order valence-corrected chi connectivity index (χ1v) is 9.29. The minimum atomic E-state index is -2.64. The third kappa shape index (κ3) is 3.52. The molecular weight excluding hydrogens is 376 g/mol. The molecule has 1 saturated carbocycles. The van der Waals surface area contributed by atoms with Crippen LogP contribution in [0.25, 0.3) is 0 Å². The molecule has 2 aromatic rings. The number of alkyl halides is 2. The van der Waals surface area contributed by atoms with Crippen LogP contribution in [0.2, 0.25) is 5.02 Å². The van der Waals surface area contributed by atoms with Gasteiger partial charge < -0.3 is 14.7 Å². The molecular formula is C19H20ClF2N3O2. The van der Waals surface area contributed by atoms with Gasteiger partial charge in [-0.1, -0.05) is 23.7 Å². The van der Waals surface area contributed by atoms with E-state index in [0.29, 0.717) is 16.8 Å².